The number of imidazole rings is 1. The Kier molecular flexibility index (Phi) is 5.79. The molecule has 2 N–H and O–H groups in total. The van der Waals surface area contributed by atoms with Gasteiger partial charge in [0.25, 0.3) is 0 Å². The van der Waals surface area contributed by atoms with Gasteiger partial charge in [-0.05, 0) is 80.5 Å². The number of aromatic nitrogens is 4. The van der Waals surface area contributed by atoms with Crippen molar-refractivity contribution in [1.82, 2.24) is 25.3 Å². The number of rotatable bonds is 5. The Morgan fingerprint density at radius 1 is 0.970 bits per heavy atom. The van der Waals surface area contributed by atoms with Gasteiger partial charge in [-0.25, -0.2) is 14.4 Å². The second-order valence-electron chi connectivity index (χ2n) is 7.84. The summed E-state index contributed by atoms with van der Waals surface area (Å²) >= 11 is 0. The number of nitriles is 1. The molecule has 0 saturated carbocycles. The number of piperidine rings is 1. The van der Waals surface area contributed by atoms with Crippen LogP contribution in [-0.2, 0) is 0 Å². The summed E-state index contributed by atoms with van der Waals surface area (Å²) in [4.78, 5) is 17.2. The van der Waals surface area contributed by atoms with Crippen LogP contribution in [0.3, 0.4) is 0 Å². The molecule has 0 bridgehead atoms. The SMILES string of the molecule is N#Cc1ccc(Oc2nccc(-c3[nH]c(C4CCNCC4)nc3-c3ccc(F)cc3)n2)cc1. The van der Waals surface area contributed by atoms with Crippen LogP contribution in [0.5, 0.6) is 11.8 Å². The fourth-order valence-corrected chi connectivity index (χ4v) is 3.91. The van der Waals surface area contributed by atoms with E-state index in [1.165, 1.54) is 12.1 Å². The Morgan fingerprint density at radius 2 is 1.73 bits per heavy atom. The Bertz CT molecular complexity index is 1290. The largest absolute Gasteiger partial charge is 0.424 e. The fraction of sp³-hybridized carbons (Fsp3) is 0.200. The van der Waals surface area contributed by atoms with Crippen LogP contribution < -0.4 is 10.1 Å². The number of hydrogen-bond acceptors (Lipinski definition) is 6. The predicted molar refractivity (Wildman–Crippen MR) is 121 cm³/mol. The van der Waals surface area contributed by atoms with Crippen LogP contribution in [0.1, 0.15) is 30.1 Å². The third-order valence-corrected chi connectivity index (χ3v) is 5.65. The van der Waals surface area contributed by atoms with Gasteiger partial charge in [0.15, 0.2) is 0 Å². The third-order valence-electron chi connectivity index (χ3n) is 5.65. The molecule has 0 atom stereocenters. The molecule has 0 unspecified atom stereocenters. The van der Waals surface area contributed by atoms with Crippen LogP contribution in [0.25, 0.3) is 22.6 Å². The maximum absolute atomic E-state index is 13.5. The van der Waals surface area contributed by atoms with Crippen molar-refractivity contribution >= 4 is 0 Å². The summed E-state index contributed by atoms with van der Waals surface area (Å²) in [5, 5.41) is 12.3. The summed E-state index contributed by atoms with van der Waals surface area (Å²) in [5.41, 5.74) is 3.43. The highest BCUT2D eigenvalue weighted by Gasteiger charge is 2.23. The van der Waals surface area contributed by atoms with Gasteiger partial charge in [-0.1, -0.05) is 0 Å². The van der Waals surface area contributed by atoms with E-state index in [0.717, 1.165) is 43.0 Å². The molecule has 164 valence electrons. The van der Waals surface area contributed by atoms with Crippen molar-refractivity contribution in [3.05, 3.63) is 78.0 Å². The van der Waals surface area contributed by atoms with Crippen LogP contribution in [-0.4, -0.2) is 33.0 Å². The highest BCUT2D eigenvalue weighted by Crippen LogP contribution is 2.34. The fourth-order valence-electron chi connectivity index (χ4n) is 3.91. The molecule has 3 heterocycles. The second kappa shape index (κ2) is 9.18. The molecule has 2 aromatic carbocycles. The first kappa shape index (κ1) is 20.8. The topological polar surface area (TPSA) is 99.5 Å². The first-order valence-corrected chi connectivity index (χ1v) is 10.8. The number of halogens is 1. The molecule has 33 heavy (non-hydrogen) atoms. The van der Waals surface area contributed by atoms with E-state index in [2.05, 4.69) is 26.3 Å². The molecule has 2 aromatic heterocycles. The van der Waals surface area contributed by atoms with Crippen LogP contribution in [0.4, 0.5) is 4.39 Å². The van der Waals surface area contributed by atoms with Crippen molar-refractivity contribution in [2.45, 2.75) is 18.8 Å². The van der Waals surface area contributed by atoms with Gasteiger partial charge in [0.2, 0.25) is 0 Å². The molecule has 1 fully saturated rings. The maximum Gasteiger partial charge on any atom is 0.322 e. The highest BCUT2D eigenvalue weighted by molar-refractivity contribution is 5.76. The first-order chi connectivity index (χ1) is 16.2. The molecule has 5 rings (SSSR count). The van der Waals surface area contributed by atoms with E-state index in [0.29, 0.717) is 28.6 Å². The van der Waals surface area contributed by atoms with Crippen molar-refractivity contribution < 1.29 is 9.13 Å². The number of benzene rings is 2. The Morgan fingerprint density at radius 3 is 2.45 bits per heavy atom. The summed E-state index contributed by atoms with van der Waals surface area (Å²) in [6.07, 6.45) is 3.61. The standard InChI is InChI=1S/C25H21FN6O/c26-19-5-3-17(4-6-19)22-23(32-24(31-22)18-9-12-28-13-10-18)21-11-14-29-25(30-21)33-20-7-1-16(15-27)2-8-20/h1-8,11,14,18,28H,9-10,12-13H2,(H,31,32). The van der Waals surface area contributed by atoms with Gasteiger partial charge in [-0.15, -0.1) is 0 Å². The van der Waals surface area contributed by atoms with E-state index in [1.54, 1.807) is 48.7 Å². The van der Waals surface area contributed by atoms with E-state index < -0.39 is 0 Å². The van der Waals surface area contributed by atoms with E-state index in [9.17, 15) is 4.39 Å². The van der Waals surface area contributed by atoms with Gasteiger partial charge < -0.3 is 15.0 Å². The number of H-pyrrole nitrogens is 1. The van der Waals surface area contributed by atoms with Gasteiger partial charge >= 0.3 is 6.01 Å². The molecule has 7 nitrogen and oxygen atoms in total. The molecular weight excluding hydrogens is 419 g/mol. The number of hydrogen-bond donors (Lipinski definition) is 2. The van der Waals surface area contributed by atoms with Crippen molar-refractivity contribution in [3.63, 3.8) is 0 Å². The summed E-state index contributed by atoms with van der Waals surface area (Å²) in [5.74, 6) is 1.45. The molecular formula is C25H21FN6O. The molecule has 1 aliphatic heterocycles. The first-order valence-electron chi connectivity index (χ1n) is 10.8. The molecule has 0 spiro atoms. The molecule has 0 amide bonds. The summed E-state index contributed by atoms with van der Waals surface area (Å²) in [7, 11) is 0. The van der Waals surface area contributed by atoms with Gasteiger partial charge in [-0.3, -0.25) is 0 Å². The third kappa shape index (κ3) is 4.59. The van der Waals surface area contributed by atoms with Crippen LogP contribution in [0.2, 0.25) is 0 Å². The van der Waals surface area contributed by atoms with Crippen molar-refractivity contribution in [1.29, 1.82) is 5.26 Å². The van der Waals surface area contributed by atoms with Gasteiger partial charge in [-0.2, -0.15) is 10.2 Å². The van der Waals surface area contributed by atoms with Crippen molar-refractivity contribution in [2.75, 3.05) is 13.1 Å². The Labute approximate surface area is 190 Å². The van der Waals surface area contributed by atoms with Crippen LogP contribution in [0.15, 0.2) is 60.8 Å². The Balaban J connectivity index is 1.51. The number of aromatic amines is 1. The average molecular weight is 440 g/mol. The lowest BCUT2D eigenvalue weighted by Crippen LogP contribution is -2.27. The smallest absolute Gasteiger partial charge is 0.322 e. The highest BCUT2D eigenvalue weighted by atomic mass is 19.1. The molecule has 1 aliphatic rings. The molecule has 0 aliphatic carbocycles. The minimum absolute atomic E-state index is 0.181. The van der Waals surface area contributed by atoms with E-state index in [4.69, 9.17) is 15.0 Å². The molecule has 0 radical (unpaired) electrons. The average Bonchev–Trinajstić information content (AvgIpc) is 3.31. The van der Waals surface area contributed by atoms with Gasteiger partial charge in [0, 0.05) is 17.7 Å². The lowest BCUT2D eigenvalue weighted by Gasteiger charge is -2.20. The van der Waals surface area contributed by atoms with E-state index in [-0.39, 0.29) is 11.8 Å². The van der Waals surface area contributed by atoms with Crippen LogP contribution >= 0.6 is 0 Å². The zero-order valence-corrected chi connectivity index (χ0v) is 17.8. The van der Waals surface area contributed by atoms with Crippen LogP contribution in [0, 0.1) is 17.1 Å². The summed E-state index contributed by atoms with van der Waals surface area (Å²) < 4.78 is 19.3. The predicted octanol–water partition coefficient (Wildman–Crippen LogP) is 4.80. The number of ether oxygens (including phenoxy) is 1. The van der Waals surface area contributed by atoms with Crippen molar-refractivity contribution in [3.8, 4) is 40.5 Å². The lowest BCUT2D eigenvalue weighted by atomic mass is 9.98. The second-order valence-corrected chi connectivity index (χ2v) is 7.84. The minimum atomic E-state index is -0.297. The number of nitrogens with one attached hydrogen (secondary N) is 2. The number of nitrogens with zero attached hydrogens (tertiary/aromatic N) is 4. The molecule has 1 saturated heterocycles. The minimum Gasteiger partial charge on any atom is -0.424 e. The lowest BCUT2D eigenvalue weighted by molar-refractivity contribution is 0.442. The zero-order valence-electron chi connectivity index (χ0n) is 17.8. The van der Waals surface area contributed by atoms with Gasteiger partial charge in [0.05, 0.1) is 28.7 Å². The monoisotopic (exact) mass is 440 g/mol. The molecule has 4 aromatic rings. The molecule has 8 heteroatoms. The summed E-state index contributed by atoms with van der Waals surface area (Å²) in [6, 6.07) is 17.1. The van der Waals surface area contributed by atoms with E-state index >= 15 is 0 Å². The van der Waals surface area contributed by atoms with Crippen molar-refractivity contribution in [2.24, 2.45) is 0 Å². The quantitative estimate of drug-likeness (QED) is 0.462. The van der Waals surface area contributed by atoms with E-state index in [1.807, 2.05) is 0 Å². The van der Waals surface area contributed by atoms with Gasteiger partial charge in [0.1, 0.15) is 17.4 Å². The zero-order chi connectivity index (χ0) is 22.6. The normalized spacial score (nSPS) is 14.1. The Hall–Kier alpha value is -4.09. The maximum atomic E-state index is 13.5. The summed E-state index contributed by atoms with van der Waals surface area (Å²) in [6.45, 7) is 1.89.